The molecular formula is C15H28N2O4. The Kier molecular flexibility index (Phi) is 6.95. The van der Waals surface area contributed by atoms with Crippen molar-refractivity contribution < 1.29 is 19.4 Å². The molecule has 0 aromatic carbocycles. The number of hydrogen-bond acceptors (Lipinski definition) is 3. The molecule has 1 atom stereocenters. The zero-order chi connectivity index (χ0) is 16.0. The van der Waals surface area contributed by atoms with Crippen LogP contribution in [0.2, 0.25) is 0 Å². The van der Waals surface area contributed by atoms with E-state index in [1.165, 1.54) is 4.90 Å². The van der Waals surface area contributed by atoms with Crippen molar-refractivity contribution in [2.45, 2.75) is 52.6 Å². The molecule has 6 heteroatoms. The largest absolute Gasteiger partial charge is 0.480 e. The molecule has 1 saturated heterocycles. The number of amides is 2. The van der Waals surface area contributed by atoms with Crippen LogP contribution in [-0.2, 0) is 9.53 Å². The van der Waals surface area contributed by atoms with Crippen molar-refractivity contribution in [3.63, 3.8) is 0 Å². The molecule has 1 fully saturated rings. The summed E-state index contributed by atoms with van der Waals surface area (Å²) in [7, 11) is 0. The number of ether oxygens (including phenoxy) is 1. The Morgan fingerprint density at radius 3 is 2.43 bits per heavy atom. The van der Waals surface area contributed by atoms with E-state index in [0.717, 1.165) is 12.8 Å². The fraction of sp³-hybridized carbons (Fsp3) is 0.867. The van der Waals surface area contributed by atoms with E-state index in [4.69, 9.17) is 4.74 Å². The first kappa shape index (κ1) is 17.8. The zero-order valence-electron chi connectivity index (χ0n) is 13.5. The summed E-state index contributed by atoms with van der Waals surface area (Å²) < 4.78 is 5.20. The highest BCUT2D eigenvalue weighted by molar-refractivity contribution is 5.83. The van der Waals surface area contributed by atoms with Gasteiger partial charge in [0.25, 0.3) is 0 Å². The third-order valence-corrected chi connectivity index (χ3v) is 3.85. The summed E-state index contributed by atoms with van der Waals surface area (Å²) in [6.07, 6.45) is 1.74. The van der Waals surface area contributed by atoms with Gasteiger partial charge in [0.05, 0.1) is 13.2 Å². The summed E-state index contributed by atoms with van der Waals surface area (Å²) in [6, 6.07) is -0.902. The van der Waals surface area contributed by atoms with Gasteiger partial charge in [-0.05, 0) is 18.8 Å². The average Bonchev–Trinajstić information content (AvgIpc) is 2.46. The number of carboxylic acid groups (broad SMARTS) is 1. The van der Waals surface area contributed by atoms with Crippen molar-refractivity contribution in [3.8, 4) is 0 Å². The van der Waals surface area contributed by atoms with E-state index in [0.29, 0.717) is 25.6 Å². The Morgan fingerprint density at radius 2 is 1.95 bits per heavy atom. The molecule has 0 spiro atoms. The molecule has 21 heavy (non-hydrogen) atoms. The van der Waals surface area contributed by atoms with Gasteiger partial charge in [-0.2, -0.15) is 0 Å². The molecule has 6 nitrogen and oxygen atoms in total. The Bertz CT molecular complexity index is 356. The quantitative estimate of drug-likeness (QED) is 0.815. The Hall–Kier alpha value is -1.30. The van der Waals surface area contributed by atoms with E-state index >= 15 is 0 Å². The summed E-state index contributed by atoms with van der Waals surface area (Å²) in [5.74, 6) is -0.657. The van der Waals surface area contributed by atoms with Gasteiger partial charge < -0.3 is 19.6 Å². The minimum atomic E-state index is -1.00. The van der Waals surface area contributed by atoms with Crippen molar-refractivity contribution in [1.82, 2.24) is 9.80 Å². The van der Waals surface area contributed by atoms with E-state index in [9.17, 15) is 14.7 Å². The lowest BCUT2D eigenvalue weighted by molar-refractivity contribution is -0.147. The molecule has 1 heterocycles. The zero-order valence-corrected chi connectivity index (χ0v) is 13.5. The van der Waals surface area contributed by atoms with Crippen LogP contribution < -0.4 is 0 Å². The molecule has 122 valence electrons. The molecule has 1 rings (SSSR count). The smallest absolute Gasteiger partial charge is 0.328 e. The molecule has 0 saturated carbocycles. The maximum atomic E-state index is 12.8. The first-order valence-corrected chi connectivity index (χ1v) is 7.80. The first-order valence-electron chi connectivity index (χ1n) is 7.80. The Labute approximate surface area is 127 Å². The van der Waals surface area contributed by atoms with Crippen LogP contribution >= 0.6 is 0 Å². The molecule has 0 bridgehead atoms. The first-order chi connectivity index (χ1) is 9.92. The van der Waals surface area contributed by atoms with E-state index in [-0.39, 0.29) is 18.7 Å². The van der Waals surface area contributed by atoms with Crippen molar-refractivity contribution in [2.24, 2.45) is 5.92 Å². The number of urea groups is 1. The summed E-state index contributed by atoms with van der Waals surface area (Å²) >= 11 is 0. The van der Waals surface area contributed by atoms with Gasteiger partial charge >= 0.3 is 12.0 Å². The van der Waals surface area contributed by atoms with Crippen LogP contribution in [0.15, 0.2) is 0 Å². The standard InChI is InChI=1S/C15H28N2O4/c1-5-12(6-2)17(9-11(3)4)15(20)16-7-8-21-10-13(16)14(18)19/h11-13H,5-10H2,1-4H3,(H,18,19). The van der Waals surface area contributed by atoms with Gasteiger partial charge in [0.1, 0.15) is 0 Å². The van der Waals surface area contributed by atoms with Crippen LogP contribution in [-0.4, -0.2) is 65.3 Å². The molecule has 0 aromatic heterocycles. The maximum absolute atomic E-state index is 12.8. The average molecular weight is 300 g/mol. The summed E-state index contributed by atoms with van der Waals surface area (Å²) in [5.41, 5.74) is 0. The lowest BCUT2D eigenvalue weighted by Gasteiger charge is -2.40. The van der Waals surface area contributed by atoms with Crippen molar-refractivity contribution in [3.05, 3.63) is 0 Å². The number of hydrogen-bond donors (Lipinski definition) is 1. The van der Waals surface area contributed by atoms with Crippen molar-refractivity contribution >= 4 is 12.0 Å². The number of nitrogens with zero attached hydrogens (tertiary/aromatic N) is 2. The normalized spacial score (nSPS) is 19.1. The van der Waals surface area contributed by atoms with E-state index < -0.39 is 12.0 Å². The lowest BCUT2D eigenvalue weighted by atomic mass is 10.1. The second kappa shape index (κ2) is 8.22. The van der Waals surface area contributed by atoms with Crippen LogP contribution in [0.1, 0.15) is 40.5 Å². The van der Waals surface area contributed by atoms with Crippen LogP contribution in [0.25, 0.3) is 0 Å². The minimum Gasteiger partial charge on any atom is -0.480 e. The van der Waals surface area contributed by atoms with Gasteiger partial charge in [-0.3, -0.25) is 0 Å². The number of morpholine rings is 1. The van der Waals surface area contributed by atoms with Crippen LogP contribution in [0, 0.1) is 5.92 Å². The highest BCUT2D eigenvalue weighted by atomic mass is 16.5. The van der Waals surface area contributed by atoms with Gasteiger partial charge in [-0.1, -0.05) is 27.7 Å². The second-order valence-electron chi connectivity index (χ2n) is 5.92. The molecule has 0 aromatic rings. The number of aliphatic carboxylic acids is 1. The number of rotatable bonds is 6. The Morgan fingerprint density at radius 1 is 1.33 bits per heavy atom. The highest BCUT2D eigenvalue weighted by Crippen LogP contribution is 2.17. The topological polar surface area (TPSA) is 70.1 Å². The minimum absolute atomic E-state index is 0.0690. The molecule has 1 aliphatic heterocycles. The van der Waals surface area contributed by atoms with Crippen LogP contribution in [0.4, 0.5) is 4.79 Å². The SMILES string of the molecule is CCC(CC)N(CC(C)C)C(=O)N1CCOCC1C(=O)O. The maximum Gasteiger partial charge on any atom is 0.328 e. The molecular weight excluding hydrogens is 272 g/mol. The lowest BCUT2D eigenvalue weighted by Crippen LogP contribution is -2.58. The molecule has 1 aliphatic rings. The molecule has 0 aliphatic carbocycles. The van der Waals surface area contributed by atoms with Crippen LogP contribution in [0.3, 0.4) is 0 Å². The Balaban J connectivity index is 2.93. The monoisotopic (exact) mass is 300 g/mol. The van der Waals surface area contributed by atoms with Crippen LogP contribution in [0.5, 0.6) is 0 Å². The number of carbonyl (C=O) groups is 2. The third kappa shape index (κ3) is 4.59. The molecule has 1 unspecified atom stereocenters. The predicted octanol–water partition coefficient (Wildman–Crippen LogP) is 2.04. The van der Waals surface area contributed by atoms with Gasteiger partial charge in [-0.15, -0.1) is 0 Å². The van der Waals surface area contributed by atoms with Gasteiger partial charge in [0.15, 0.2) is 6.04 Å². The van der Waals surface area contributed by atoms with Crippen molar-refractivity contribution in [2.75, 3.05) is 26.3 Å². The molecule has 2 amide bonds. The van der Waals surface area contributed by atoms with E-state index in [2.05, 4.69) is 27.7 Å². The fourth-order valence-corrected chi connectivity index (χ4v) is 2.71. The molecule has 0 radical (unpaired) electrons. The van der Waals surface area contributed by atoms with E-state index in [1.807, 2.05) is 4.90 Å². The number of carbonyl (C=O) groups excluding carboxylic acids is 1. The highest BCUT2D eigenvalue weighted by Gasteiger charge is 2.36. The van der Waals surface area contributed by atoms with Gasteiger partial charge in [0.2, 0.25) is 0 Å². The predicted molar refractivity (Wildman–Crippen MR) is 80.3 cm³/mol. The van der Waals surface area contributed by atoms with Gasteiger partial charge in [0, 0.05) is 19.1 Å². The number of carboxylic acids is 1. The molecule has 1 N–H and O–H groups in total. The summed E-state index contributed by atoms with van der Waals surface area (Å²) in [6.45, 7) is 9.70. The second-order valence-corrected chi connectivity index (χ2v) is 5.92. The summed E-state index contributed by atoms with van der Waals surface area (Å²) in [4.78, 5) is 27.5. The fourth-order valence-electron chi connectivity index (χ4n) is 2.71. The summed E-state index contributed by atoms with van der Waals surface area (Å²) in [5, 5.41) is 9.28. The van der Waals surface area contributed by atoms with Crippen molar-refractivity contribution in [1.29, 1.82) is 0 Å². The van der Waals surface area contributed by atoms with E-state index in [1.54, 1.807) is 0 Å². The van der Waals surface area contributed by atoms with Gasteiger partial charge in [-0.25, -0.2) is 9.59 Å². The third-order valence-electron chi connectivity index (χ3n) is 3.85.